The number of para-hydroxylation sites is 1. The average Bonchev–Trinajstić information content (AvgIpc) is 3.01. The Morgan fingerprint density at radius 1 is 1.20 bits per heavy atom. The molecule has 0 saturated carbocycles. The predicted octanol–water partition coefficient (Wildman–Crippen LogP) is 2.93. The van der Waals surface area contributed by atoms with Crippen LogP contribution in [0.3, 0.4) is 0 Å². The molecule has 0 unspecified atom stereocenters. The molecule has 0 aliphatic heterocycles. The molecule has 20 heavy (non-hydrogen) atoms. The fraction of sp³-hybridized carbons (Fsp3) is 0.0714. The summed E-state index contributed by atoms with van der Waals surface area (Å²) in [5, 5.41) is 7.97. The van der Waals surface area contributed by atoms with Gasteiger partial charge in [0.25, 0.3) is 0 Å². The third-order valence-corrected chi connectivity index (χ3v) is 3.13. The van der Waals surface area contributed by atoms with Gasteiger partial charge in [-0.05, 0) is 17.7 Å². The van der Waals surface area contributed by atoms with Crippen LogP contribution in [0.25, 0.3) is 5.69 Å². The fourth-order valence-corrected chi connectivity index (χ4v) is 2.09. The zero-order valence-corrected chi connectivity index (χ0v) is 11.3. The fourth-order valence-electron chi connectivity index (χ4n) is 1.92. The number of benzene rings is 1. The lowest BCUT2D eigenvalue weighted by atomic mass is 10.2. The van der Waals surface area contributed by atoms with Gasteiger partial charge < -0.3 is 5.32 Å². The molecule has 0 atom stereocenters. The van der Waals surface area contributed by atoms with Crippen molar-refractivity contribution in [2.45, 2.75) is 6.54 Å². The normalized spacial score (nSPS) is 10.4. The summed E-state index contributed by atoms with van der Waals surface area (Å²) >= 11 is 6.02. The van der Waals surface area contributed by atoms with Gasteiger partial charge in [0.05, 0.1) is 11.9 Å². The molecule has 0 saturated heterocycles. The zero-order chi connectivity index (χ0) is 13.8. The summed E-state index contributed by atoms with van der Waals surface area (Å²) in [7, 11) is 0. The van der Waals surface area contributed by atoms with Crippen LogP contribution in [0.5, 0.6) is 0 Å². The van der Waals surface area contributed by atoms with E-state index >= 15 is 0 Å². The van der Waals surface area contributed by atoms with E-state index in [0.29, 0.717) is 17.4 Å². The maximum Gasteiger partial charge on any atom is 0.148 e. The first kappa shape index (κ1) is 12.6. The second-order valence-corrected chi connectivity index (χ2v) is 4.56. The molecular weight excluding hydrogens is 274 g/mol. The molecule has 0 spiro atoms. The van der Waals surface area contributed by atoms with E-state index < -0.39 is 0 Å². The van der Waals surface area contributed by atoms with Crippen molar-refractivity contribution in [3.05, 3.63) is 65.8 Å². The number of nitrogens with one attached hydrogen (secondary N) is 1. The predicted molar refractivity (Wildman–Crippen MR) is 77.9 cm³/mol. The average molecular weight is 286 g/mol. The monoisotopic (exact) mass is 285 g/mol. The number of anilines is 1. The Kier molecular flexibility index (Phi) is 3.60. The second-order valence-electron chi connectivity index (χ2n) is 4.15. The molecule has 0 bridgehead atoms. The third kappa shape index (κ3) is 2.62. The standard InChI is InChI=1S/C14H12ClN5/c15-12-9-16-10-18-14(12)17-8-11-4-1-2-5-13(11)20-7-3-6-19-20/h1-7,9-10H,8H2,(H,16,17,18). The number of hydrogen-bond acceptors (Lipinski definition) is 4. The van der Waals surface area contributed by atoms with Gasteiger partial charge in [0.2, 0.25) is 0 Å². The van der Waals surface area contributed by atoms with Gasteiger partial charge in [-0.3, -0.25) is 0 Å². The minimum absolute atomic E-state index is 0.504. The molecule has 0 amide bonds. The molecule has 3 rings (SSSR count). The van der Waals surface area contributed by atoms with E-state index in [-0.39, 0.29) is 0 Å². The van der Waals surface area contributed by atoms with Crippen LogP contribution in [0.2, 0.25) is 5.02 Å². The highest BCUT2D eigenvalue weighted by molar-refractivity contribution is 6.32. The number of halogens is 1. The summed E-state index contributed by atoms with van der Waals surface area (Å²) in [5.74, 6) is 0.622. The molecule has 0 aliphatic carbocycles. The van der Waals surface area contributed by atoms with Crippen molar-refractivity contribution in [2.24, 2.45) is 0 Å². The molecule has 6 heteroatoms. The van der Waals surface area contributed by atoms with Crippen LogP contribution in [0.1, 0.15) is 5.56 Å². The van der Waals surface area contributed by atoms with Crippen LogP contribution in [-0.4, -0.2) is 19.7 Å². The highest BCUT2D eigenvalue weighted by Gasteiger charge is 2.06. The summed E-state index contributed by atoms with van der Waals surface area (Å²) in [4.78, 5) is 7.97. The topological polar surface area (TPSA) is 55.6 Å². The lowest BCUT2D eigenvalue weighted by molar-refractivity contribution is 0.863. The van der Waals surface area contributed by atoms with Gasteiger partial charge in [-0.2, -0.15) is 5.10 Å². The van der Waals surface area contributed by atoms with Gasteiger partial charge in [0.1, 0.15) is 17.2 Å². The highest BCUT2D eigenvalue weighted by atomic mass is 35.5. The van der Waals surface area contributed by atoms with Gasteiger partial charge in [-0.15, -0.1) is 0 Å². The van der Waals surface area contributed by atoms with Crippen LogP contribution in [0, 0.1) is 0 Å². The summed E-state index contributed by atoms with van der Waals surface area (Å²) < 4.78 is 1.83. The molecule has 0 aliphatic rings. The Morgan fingerprint density at radius 3 is 2.90 bits per heavy atom. The number of hydrogen-bond donors (Lipinski definition) is 1. The molecular formula is C14H12ClN5. The largest absolute Gasteiger partial charge is 0.365 e. The maximum absolute atomic E-state index is 6.02. The summed E-state index contributed by atoms with van der Waals surface area (Å²) in [5.41, 5.74) is 2.13. The van der Waals surface area contributed by atoms with Crippen molar-refractivity contribution < 1.29 is 0 Å². The SMILES string of the molecule is Clc1cncnc1NCc1ccccc1-n1cccn1. The molecule has 1 aromatic carbocycles. The van der Waals surface area contributed by atoms with E-state index in [4.69, 9.17) is 11.6 Å². The number of rotatable bonds is 4. The van der Waals surface area contributed by atoms with Crippen molar-refractivity contribution in [3.63, 3.8) is 0 Å². The molecule has 5 nitrogen and oxygen atoms in total. The van der Waals surface area contributed by atoms with Gasteiger partial charge >= 0.3 is 0 Å². The molecule has 3 aromatic rings. The molecule has 1 N–H and O–H groups in total. The highest BCUT2D eigenvalue weighted by Crippen LogP contribution is 2.19. The Labute approximate surface area is 121 Å². The molecule has 100 valence electrons. The van der Waals surface area contributed by atoms with Gasteiger partial charge in [0, 0.05) is 18.9 Å². The lowest BCUT2D eigenvalue weighted by Crippen LogP contribution is -2.06. The van der Waals surface area contributed by atoms with Crippen LogP contribution >= 0.6 is 11.6 Å². The Hall–Kier alpha value is -2.40. The van der Waals surface area contributed by atoms with Crippen LogP contribution in [0.15, 0.2) is 55.2 Å². The van der Waals surface area contributed by atoms with Crippen molar-refractivity contribution in [1.29, 1.82) is 0 Å². The van der Waals surface area contributed by atoms with E-state index in [1.54, 1.807) is 12.4 Å². The zero-order valence-electron chi connectivity index (χ0n) is 10.6. The Bertz CT molecular complexity index is 696. The van der Waals surface area contributed by atoms with Crippen molar-refractivity contribution >= 4 is 17.4 Å². The molecule has 2 heterocycles. The van der Waals surface area contributed by atoms with E-state index in [9.17, 15) is 0 Å². The van der Waals surface area contributed by atoms with Gasteiger partial charge in [0.15, 0.2) is 0 Å². The first-order valence-electron chi connectivity index (χ1n) is 6.12. The molecule has 2 aromatic heterocycles. The van der Waals surface area contributed by atoms with Crippen LogP contribution < -0.4 is 5.32 Å². The van der Waals surface area contributed by atoms with E-state index in [2.05, 4.69) is 20.4 Å². The van der Waals surface area contributed by atoms with Crippen LogP contribution in [0.4, 0.5) is 5.82 Å². The summed E-state index contributed by atoms with van der Waals surface area (Å²) in [6, 6.07) is 9.93. The van der Waals surface area contributed by atoms with E-state index in [0.717, 1.165) is 11.3 Å². The Morgan fingerprint density at radius 2 is 2.10 bits per heavy atom. The van der Waals surface area contributed by atoms with Gasteiger partial charge in [-0.1, -0.05) is 29.8 Å². The third-order valence-electron chi connectivity index (χ3n) is 2.86. The second kappa shape index (κ2) is 5.71. The maximum atomic E-state index is 6.02. The minimum Gasteiger partial charge on any atom is -0.365 e. The number of aromatic nitrogens is 4. The van der Waals surface area contributed by atoms with E-state index in [1.165, 1.54) is 6.33 Å². The summed E-state index contributed by atoms with van der Waals surface area (Å²) in [6.45, 7) is 0.604. The van der Waals surface area contributed by atoms with Gasteiger partial charge in [-0.25, -0.2) is 14.6 Å². The van der Waals surface area contributed by atoms with Crippen molar-refractivity contribution in [2.75, 3.05) is 5.32 Å². The smallest absolute Gasteiger partial charge is 0.148 e. The lowest BCUT2D eigenvalue weighted by Gasteiger charge is -2.11. The minimum atomic E-state index is 0.504. The molecule has 0 radical (unpaired) electrons. The van der Waals surface area contributed by atoms with Crippen LogP contribution in [-0.2, 0) is 6.54 Å². The summed E-state index contributed by atoms with van der Waals surface area (Å²) in [6.07, 6.45) is 6.70. The first-order valence-corrected chi connectivity index (χ1v) is 6.49. The first-order chi connectivity index (χ1) is 9.84. The van der Waals surface area contributed by atoms with Crippen molar-refractivity contribution in [3.8, 4) is 5.69 Å². The van der Waals surface area contributed by atoms with Crippen molar-refractivity contribution in [1.82, 2.24) is 19.7 Å². The number of nitrogens with zero attached hydrogens (tertiary/aromatic N) is 4. The van der Waals surface area contributed by atoms with E-state index in [1.807, 2.05) is 41.2 Å². The Balaban J connectivity index is 1.84. The molecule has 0 fully saturated rings. The quantitative estimate of drug-likeness (QED) is 0.801.